The molecule has 174 valence electrons. The van der Waals surface area contributed by atoms with Crippen molar-refractivity contribution < 1.29 is 9.59 Å². The zero-order valence-corrected chi connectivity index (χ0v) is 20.9. The van der Waals surface area contributed by atoms with Crippen molar-refractivity contribution in [2.24, 2.45) is 47.3 Å². The number of carbonyl (C=O) groups is 2. The molecule has 0 heterocycles. The van der Waals surface area contributed by atoms with Crippen LogP contribution in [0.25, 0.3) is 0 Å². The normalized spacial score (nSPS) is 34.8. The van der Waals surface area contributed by atoms with Crippen LogP contribution < -0.4 is 5.32 Å². The van der Waals surface area contributed by atoms with E-state index in [0.717, 1.165) is 25.8 Å². The second-order valence-electron chi connectivity index (χ2n) is 11.0. The number of nitrogens with one attached hydrogen (secondary N) is 1. The fourth-order valence-electron chi connectivity index (χ4n) is 6.44. The summed E-state index contributed by atoms with van der Waals surface area (Å²) in [5, 5.41) is 3.06. The molecule has 30 heavy (non-hydrogen) atoms. The molecule has 0 radical (unpaired) electrons. The van der Waals surface area contributed by atoms with Crippen molar-refractivity contribution in [2.45, 2.75) is 93.5 Å². The van der Waals surface area contributed by atoms with Crippen LogP contribution in [-0.2, 0) is 9.59 Å². The molecule has 2 aliphatic carbocycles. The van der Waals surface area contributed by atoms with Crippen molar-refractivity contribution in [2.75, 3.05) is 13.1 Å². The number of carbonyl (C=O) groups excluding carboxylic acids is 2. The Morgan fingerprint density at radius 3 is 2.07 bits per heavy atom. The van der Waals surface area contributed by atoms with E-state index < -0.39 is 0 Å². The summed E-state index contributed by atoms with van der Waals surface area (Å²) in [6.07, 6.45) is 5.31. The quantitative estimate of drug-likeness (QED) is 0.602. The number of nitrogens with zero attached hydrogens (tertiary/aromatic N) is 1. The van der Waals surface area contributed by atoms with E-state index in [9.17, 15) is 9.59 Å². The van der Waals surface area contributed by atoms with Crippen molar-refractivity contribution in [3.63, 3.8) is 0 Å². The van der Waals surface area contributed by atoms with Gasteiger partial charge in [-0.3, -0.25) is 9.59 Å². The molecule has 2 saturated carbocycles. The topological polar surface area (TPSA) is 49.4 Å². The molecule has 4 heteroatoms. The summed E-state index contributed by atoms with van der Waals surface area (Å²) in [6.45, 7) is 19.2. The van der Waals surface area contributed by atoms with Gasteiger partial charge < -0.3 is 10.2 Å². The van der Waals surface area contributed by atoms with E-state index in [2.05, 4.69) is 58.7 Å². The molecule has 1 N–H and O–H groups in total. The Balaban J connectivity index is 2.24. The van der Waals surface area contributed by atoms with Gasteiger partial charge in [-0.1, -0.05) is 48.0 Å². The zero-order valence-electron chi connectivity index (χ0n) is 20.9. The lowest BCUT2D eigenvalue weighted by Crippen LogP contribution is -2.54. The summed E-state index contributed by atoms with van der Waals surface area (Å²) in [6, 6.07) is 0.255. The third-order valence-electron chi connectivity index (χ3n) is 8.22. The van der Waals surface area contributed by atoms with Gasteiger partial charge in [-0.15, -0.1) is 0 Å². The molecule has 2 fully saturated rings. The van der Waals surface area contributed by atoms with Gasteiger partial charge in [0.15, 0.2) is 0 Å². The van der Waals surface area contributed by atoms with Crippen LogP contribution in [0.15, 0.2) is 0 Å². The molecule has 0 aromatic rings. The second kappa shape index (κ2) is 11.0. The minimum absolute atomic E-state index is 0.0723. The summed E-state index contributed by atoms with van der Waals surface area (Å²) < 4.78 is 0. The second-order valence-corrected chi connectivity index (χ2v) is 11.0. The molecule has 0 aliphatic heterocycles. The van der Waals surface area contributed by atoms with Crippen molar-refractivity contribution in [3.8, 4) is 0 Å². The molecular weight excluding hydrogens is 372 g/mol. The predicted molar refractivity (Wildman–Crippen MR) is 125 cm³/mol. The van der Waals surface area contributed by atoms with Crippen LogP contribution in [0.1, 0.15) is 87.5 Å². The van der Waals surface area contributed by atoms with Crippen molar-refractivity contribution in [3.05, 3.63) is 0 Å². The average molecular weight is 421 g/mol. The summed E-state index contributed by atoms with van der Waals surface area (Å²) in [5.41, 5.74) is 0. The van der Waals surface area contributed by atoms with E-state index in [1.54, 1.807) is 0 Å². The molecule has 7 unspecified atom stereocenters. The highest BCUT2D eigenvalue weighted by Gasteiger charge is 2.45. The van der Waals surface area contributed by atoms with Crippen LogP contribution in [0.4, 0.5) is 0 Å². The van der Waals surface area contributed by atoms with Gasteiger partial charge in [-0.25, -0.2) is 0 Å². The van der Waals surface area contributed by atoms with Crippen LogP contribution in [0.2, 0.25) is 0 Å². The Morgan fingerprint density at radius 1 is 0.900 bits per heavy atom. The first-order valence-corrected chi connectivity index (χ1v) is 12.7. The number of hydrogen-bond acceptors (Lipinski definition) is 2. The third kappa shape index (κ3) is 5.59. The van der Waals surface area contributed by atoms with Crippen LogP contribution in [0, 0.1) is 47.3 Å². The van der Waals surface area contributed by atoms with E-state index in [-0.39, 0.29) is 23.8 Å². The van der Waals surface area contributed by atoms with Gasteiger partial charge in [0.1, 0.15) is 0 Å². The van der Waals surface area contributed by atoms with E-state index >= 15 is 0 Å². The van der Waals surface area contributed by atoms with Crippen LogP contribution >= 0.6 is 0 Å². The van der Waals surface area contributed by atoms with E-state index in [0.29, 0.717) is 48.0 Å². The molecule has 0 saturated heterocycles. The maximum absolute atomic E-state index is 13.9. The van der Waals surface area contributed by atoms with Gasteiger partial charge in [-0.2, -0.15) is 0 Å². The molecule has 7 atom stereocenters. The van der Waals surface area contributed by atoms with E-state index in [1.165, 1.54) is 12.8 Å². The van der Waals surface area contributed by atoms with Gasteiger partial charge in [0.25, 0.3) is 0 Å². The molecule has 0 aromatic carbocycles. The molecule has 0 aromatic heterocycles. The van der Waals surface area contributed by atoms with Gasteiger partial charge in [0, 0.05) is 31.0 Å². The summed E-state index contributed by atoms with van der Waals surface area (Å²) >= 11 is 0. The van der Waals surface area contributed by atoms with Crippen molar-refractivity contribution in [1.82, 2.24) is 10.2 Å². The average Bonchev–Trinajstić information content (AvgIpc) is 2.68. The Hall–Kier alpha value is -1.06. The summed E-state index contributed by atoms with van der Waals surface area (Å²) in [5.74, 6) is 3.67. The van der Waals surface area contributed by atoms with Crippen LogP contribution in [0.3, 0.4) is 0 Å². The molecule has 0 spiro atoms. The third-order valence-corrected chi connectivity index (χ3v) is 8.22. The van der Waals surface area contributed by atoms with Gasteiger partial charge in [-0.05, 0) is 75.0 Å². The molecule has 0 bridgehead atoms. The zero-order chi connectivity index (χ0) is 22.6. The van der Waals surface area contributed by atoms with Gasteiger partial charge in [0.2, 0.25) is 11.8 Å². The predicted octanol–water partition coefficient (Wildman–Crippen LogP) is 5.37. The monoisotopic (exact) mass is 420 g/mol. The molecular formula is C26H48N2O2. The van der Waals surface area contributed by atoms with Gasteiger partial charge >= 0.3 is 0 Å². The maximum Gasteiger partial charge on any atom is 0.226 e. The van der Waals surface area contributed by atoms with E-state index in [1.807, 2.05) is 6.92 Å². The van der Waals surface area contributed by atoms with Crippen LogP contribution in [-0.4, -0.2) is 35.8 Å². The first-order chi connectivity index (χ1) is 14.1. The lowest BCUT2D eigenvalue weighted by Gasteiger charge is -2.48. The molecule has 2 rings (SSSR count). The largest absolute Gasteiger partial charge is 0.356 e. The highest BCUT2D eigenvalue weighted by molar-refractivity contribution is 5.80. The lowest BCUT2D eigenvalue weighted by molar-refractivity contribution is -0.146. The first-order valence-electron chi connectivity index (χ1n) is 12.7. The standard InChI is InChI=1S/C26H48N2O2/c1-9-27-25(29)22-14-19(8)24(15-21(22)17(5)6)28(10-2)26(30)23-13-18(7)11-12-20(23)16(3)4/h16-24H,9-15H2,1-8H3,(H,27,29). The minimum atomic E-state index is 0.0723. The first kappa shape index (κ1) is 25.2. The lowest BCUT2D eigenvalue weighted by atomic mass is 9.66. The maximum atomic E-state index is 13.9. The molecule has 4 nitrogen and oxygen atoms in total. The fraction of sp³-hybridized carbons (Fsp3) is 0.923. The molecule has 2 amide bonds. The highest BCUT2D eigenvalue weighted by Crippen LogP contribution is 2.43. The van der Waals surface area contributed by atoms with Crippen LogP contribution in [0.5, 0.6) is 0 Å². The van der Waals surface area contributed by atoms with Crippen molar-refractivity contribution >= 4 is 11.8 Å². The van der Waals surface area contributed by atoms with E-state index in [4.69, 9.17) is 0 Å². The summed E-state index contributed by atoms with van der Waals surface area (Å²) in [7, 11) is 0. The number of rotatable bonds is 7. The Kier molecular flexibility index (Phi) is 9.24. The SMILES string of the molecule is CCNC(=O)C1CC(C)C(N(CC)C(=O)C2CC(C)CCC2C(C)C)CC1C(C)C. The van der Waals surface area contributed by atoms with Gasteiger partial charge in [0.05, 0.1) is 0 Å². The molecule has 2 aliphatic rings. The fourth-order valence-corrected chi connectivity index (χ4v) is 6.44. The Morgan fingerprint density at radius 2 is 1.53 bits per heavy atom. The Labute approximate surface area is 185 Å². The minimum Gasteiger partial charge on any atom is -0.356 e. The highest BCUT2D eigenvalue weighted by atomic mass is 16.2. The Bertz CT molecular complexity index is 573. The van der Waals surface area contributed by atoms with Crippen molar-refractivity contribution in [1.29, 1.82) is 0 Å². The number of amides is 2. The smallest absolute Gasteiger partial charge is 0.226 e. The summed E-state index contributed by atoms with van der Waals surface area (Å²) in [4.78, 5) is 28.8. The number of hydrogen-bond donors (Lipinski definition) is 1.